The van der Waals surface area contributed by atoms with Crippen LogP contribution in [0.5, 0.6) is 17.2 Å². The Balaban J connectivity index is 1.38. The summed E-state index contributed by atoms with van der Waals surface area (Å²) in [5, 5.41) is 0. The van der Waals surface area contributed by atoms with Crippen LogP contribution in [0.4, 0.5) is 10.1 Å². The van der Waals surface area contributed by atoms with Crippen LogP contribution >= 0.6 is 0 Å². The van der Waals surface area contributed by atoms with Gasteiger partial charge in [-0.05, 0) is 56.9 Å². The highest BCUT2D eigenvalue weighted by Crippen LogP contribution is 2.29. The summed E-state index contributed by atoms with van der Waals surface area (Å²) in [5.74, 6) is 2.19. The number of hydrogen-bond acceptors (Lipinski definition) is 6. The van der Waals surface area contributed by atoms with E-state index in [2.05, 4.69) is 28.0 Å². The maximum Gasteiger partial charge on any atom is 0.134 e. The predicted octanol–water partition coefficient (Wildman–Crippen LogP) is 6.06. The number of benzene rings is 2. The number of rotatable bonds is 8. The molecule has 0 N–H and O–H groups in total. The fourth-order valence-electron chi connectivity index (χ4n) is 3.86. The highest BCUT2D eigenvalue weighted by atomic mass is 19.1. The molecule has 7 heteroatoms. The molecule has 0 atom stereocenters. The number of halogens is 1. The molecule has 178 valence electrons. The second kappa shape index (κ2) is 11.1. The Morgan fingerprint density at radius 3 is 2.44 bits per heavy atom. The van der Waals surface area contributed by atoms with E-state index >= 15 is 0 Å². The highest BCUT2D eigenvalue weighted by molar-refractivity contribution is 5.52. The average molecular weight is 464 g/mol. The van der Waals surface area contributed by atoms with E-state index in [1.165, 1.54) is 17.7 Å². The molecule has 0 saturated carbocycles. The quantitative estimate of drug-likeness (QED) is 0.405. The number of anilines is 1. The van der Waals surface area contributed by atoms with Gasteiger partial charge in [-0.3, -0.25) is 0 Å². The minimum Gasteiger partial charge on any atom is -0.489 e. The Hall–Kier alpha value is -3.45. The van der Waals surface area contributed by atoms with Crippen molar-refractivity contribution in [1.29, 1.82) is 0 Å². The molecule has 1 aliphatic rings. The first-order valence-electron chi connectivity index (χ1n) is 11.4. The molecule has 0 amide bonds. The Labute approximate surface area is 200 Å². The first-order chi connectivity index (χ1) is 16.5. The third kappa shape index (κ3) is 6.54. The lowest BCUT2D eigenvalue weighted by Gasteiger charge is -2.25. The highest BCUT2D eigenvalue weighted by Gasteiger charge is 2.16. The largest absolute Gasteiger partial charge is 0.489 e. The minimum absolute atomic E-state index is 0.241. The molecular formula is C27H30FN3O3. The summed E-state index contributed by atoms with van der Waals surface area (Å²) in [7, 11) is 2.04. The maximum absolute atomic E-state index is 14.1. The molecule has 2 aromatic carbocycles. The van der Waals surface area contributed by atoms with Crippen LogP contribution in [-0.4, -0.2) is 30.2 Å². The van der Waals surface area contributed by atoms with Crippen molar-refractivity contribution in [3.05, 3.63) is 83.8 Å². The van der Waals surface area contributed by atoms with Crippen molar-refractivity contribution >= 4 is 5.69 Å². The third-order valence-corrected chi connectivity index (χ3v) is 5.83. The van der Waals surface area contributed by atoms with Gasteiger partial charge in [-0.1, -0.05) is 5.57 Å². The van der Waals surface area contributed by atoms with Crippen LogP contribution in [0.2, 0.25) is 0 Å². The van der Waals surface area contributed by atoms with E-state index in [0.29, 0.717) is 29.0 Å². The zero-order valence-electron chi connectivity index (χ0n) is 19.8. The molecule has 34 heavy (non-hydrogen) atoms. The van der Waals surface area contributed by atoms with Gasteiger partial charge in [0.1, 0.15) is 35.5 Å². The van der Waals surface area contributed by atoms with Gasteiger partial charge in [-0.15, -0.1) is 0 Å². The molecule has 0 radical (unpaired) electrons. The molecule has 1 aromatic heterocycles. The number of nitrogens with zero attached hydrogens (tertiary/aromatic N) is 3. The summed E-state index contributed by atoms with van der Waals surface area (Å²) in [5.41, 5.74) is 3.20. The first-order valence-corrected chi connectivity index (χ1v) is 11.4. The Morgan fingerprint density at radius 2 is 1.74 bits per heavy atom. The predicted molar refractivity (Wildman–Crippen MR) is 130 cm³/mol. The van der Waals surface area contributed by atoms with Gasteiger partial charge in [0.15, 0.2) is 0 Å². The van der Waals surface area contributed by atoms with Crippen LogP contribution in [0.3, 0.4) is 0 Å². The van der Waals surface area contributed by atoms with Gasteiger partial charge in [-0.2, -0.15) is 0 Å². The van der Waals surface area contributed by atoms with Crippen LogP contribution < -0.4 is 14.4 Å². The summed E-state index contributed by atoms with van der Waals surface area (Å²) in [6.45, 7) is 5.90. The summed E-state index contributed by atoms with van der Waals surface area (Å²) in [6, 6.07) is 12.0. The number of ether oxygens (including phenoxy) is 3. The van der Waals surface area contributed by atoms with Gasteiger partial charge in [-0.25, -0.2) is 14.4 Å². The van der Waals surface area contributed by atoms with Crippen LogP contribution in [0, 0.1) is 18.7 Å². The van der Waals surface area contributed by atoms with Crippen molar-refractivity contribution in [2.24, 2.45) is 5.92 Å². The number of aromatic nitrogens is 2. The van der Waals surface area contributed by atoms with E-state index in [-0.39, 0.29) is 6.61 Å². The summed E-state index contributed by atoms with van der Waals surface area (Å²) in [4.78, 5) is 10.4. The summed E-state index contributed by atoms with van der Waals surface area (Å²) < 4.78 is 31.2. The lowest BCUT2D eigenvalue weighted by Crippen LogP contribution is -2.18. The number of allylic oxidation sites excluding steroid dienone is 1. The molecule has 0 aliphatic carbocycles. The van der Waals surface area contributed by atoms with Gasteiger partial charge in [0, 0.05) is 68.3 Å². The van der Waals surface area contributed by atoms with E-state index in [9.17, 15) is 4.39 Å². The molecule has 3 aromatic rings. The number of aryl methyl sites for hydroxylation is 1. The van der Waals surface area contributed by atoms with Crippen LogP contribution in [0.15, 0.2) is 66.6 Å². The van der Waals surface area contributed by atoms with Crippen LogP contribution in [0.25, 0.3) is 0 Å². The topological polar surface area (TPSA) is 56.7 Å². The molecule has 0 bridgehead atoms. The standard InChI is InChI=1S/C27H30FN3O3/c1-19(22-8-10-32-11-9-22)17-31(3)24-4-6-25(7-5-24)34-27-13-23(28)12-26(14-27)33-18-21-15-29-20(2)30-16-21/h4-7,12-17,22H,8-11,18H2,1-3H3. The van der Waals surface area contributed by atoms with E-state index in [4.69, 9.17) is 14.2 Å². The van der Waals surface area contributed by atoms with Gasteiger partial charge in [0.2, 0.25) is 0 Å². The first kappa shape index (κ1) is 23.7. The van der Waals surface area contributed by atoms with Gasteiger partial charge >= 0.3 is 0 Å². The Morgan fingerprint density at radius 1 is 1.06 bits per heavy atom. The average Bonchev–Trinajstić information content (AvgIpc) is 2.84. The van der Waals surface area contributed by atoms with Crippen molar-refractivity contribution in [3.8, 4) is 17.2 Å². The van der Waals surface area contributed by atoms with Crippen LogP contribution in [0.1, 0.15) is 31.2 Å². The fourth-order valence-corrected chi connectivity index (χ4v) is 3.86. The molecule has 4 rings (SSSR count). The lowest BCUT2D eigenvalue weighted by atomic mass is 9.93. The summed E-state index contributed by atoms with van der Waals surface area (Å²) in [6.07, 6.45) is 7.71. The molecule has 0 spiro atoms. The zero-order chi connectivity index (χ0) is 23.9. The Bertz CT molecular complexity index is 1110. The fraction of sp³-hybridized carbons (Fsp3) is 0.333. The van der Waals surface area contributed by atoms with Crippen molar-refractivity contribution < 1.29 is 18.6 Å². The molecule has 1 fully saturated rings. The van der Waals surface area contributed by atoms with E-state index in [1.807, 2.05) is 38.2 Å². The second-order valence-electron chi connectivity index (χ2n) is 8.52. The number of hydrogen-bond donors (Lipinski definition) is 0. The molecule has 2 heterocycles. The minimum atomic E-state index is -0.433. The molecule has 1 aliphatic heterocycles. The van der Waals surface area contributed by atoms with Crippen LogP contribution in [-0.2, 0) is 11.3 Å². The third-order valence-electron chi connectivity index (χ3n) is 5.83. The lowest BCUT2D eigenvalue weighted by molar-refractivity contribution is 0.0757. The van der Waals surface area contributed by atoms with Crippen molar-refractivity contribution in [3.63, 3.8) is 0 Å². The SMILES string of the molecule is CC(=CN(C)c1ccc(Oc2cc(F)cc(OCc3cnc(C)nc3)c2)cc1)C1CCOCC1. The van der Waals surface area contributed by atoms with E-state index in [0.717, 1.165) is 37.3 Å². The van der Waals surface area contributed by atoms with Gasteiger partial charge in [0.05, 0.1) is 0 Å². The van der Waals surface area contributed by atoms with Gasteiger partial charge in [0.25, 0.3) is 0 Å². The van der Waals surface area contributed by atoms with Crippen molar-refractivity contribution in [1.82, 2.24) is 9.97 Å². The smallest absolute Gasteiger partial charge is 0.134 e. The van der Waals surface area contributed by atoms with Crippen molar-refractivity contribution in [2.45, 2.75) is 33.3 Å². The van der Waals surface area contributed by atoms with E-state index in [1.54, 1.807) is 18.5 Å². The molecule has 0 unspecified atom stereocenters. The summed E-state index contributed by atoms with van der Waals surface area (Å²) >= 11 is 0. The maximum atomic E-state index is 14.1. The molecular weight excluding hydrogens is 433 g/mol. The normalized spacial score (nSPS) is 14.6. The Kier molecular flexibility index (Phi) is 7.75. The molecule has 6 nitrogen and oxygen atoms in total. The van der Waals surface area contributed by atoms with Gasteiger partial charge < -0.3 is 19.1 Å². The van der Waals surface area contributed by atoms with Crippen molar-refractivity contribution in [2.75, 3.05) is 25.2 Å². The second-order valence-corrected chi connectivity index (χ2v) is 8.52. The molecule has 1 saturated heterocycles. The zero-order valence-corrected chi connectivity index (χ0v) is 19.8. The van der Waals surface area contributed by atoms with E-state index < -0.39 is 5.82 Å². The monoisotopic (exact) mass is 463 g/mol.